The molecule has 0 heterocycles. The maximum Gasteiger partial charge on any atom is 0.317 e. The van der Waals surface area contributed by atoms with E-state index in [1.165, 1.54) is 0 Å². The number of ether oxygens (including phenoxy) is 1. The van der Waals surface area contributed by atoms with Crippen molar-refractivity contribution in [3.63, 3.8) is 0 Å². The van der Waals surface area contributed by atoms with Crippen molar-refractivity contribution in [2.24, 2.45) is 11.8 Å². The molecule has 2 unspecified atom stereocenters. The maximum absolute atomic E-state index is 12.5. The second-order valence-corrected chi connectivity index (χ2v) is 6.71. The maximum atomic E-state index is 12.5. The predicted molar refractivity (Wildman–Crippen MR) is 103 cm³/mol. The first-order valence-electron chi connectivity index (χ1n) is 9.12. The second kappa shape index (κ2) is 10.8. The monoisotopic (exact) mass is 398 g/mol. The van der Waals surface area contributed by atoms with E-state index in [4.69, 9.17) is 14.9 Å². The number of hydrogen-bond donors (Lipinski definition) is 2. The number of carbonyl (C=O) groups is 4. The third kappa shape index (κ3) is 7.57. The molecule has 7 nitrogen and oxygen atoms in total. The van der Waals surface area contributed by atoms with Crippen molar-refractivity contribution in [3.8, 4) is 0 Å². The van der Waals surface area contributed by atoms with Crippen LogP contribution in [0.5, 0.6) is 0 Å². The lowest BCUT2D eigenvalue weighted by Crippen LogP contribution is -2.30. The van der Waals surface area contributed by atoms with Gasteiger partial charge in [0, 0.05) is 0 Å². The van der Waals surface area contributed by atoms with Gasteiger partial charge in [-0.3, -0.25) is 19.2 Å². The summed E-state index contributed by atoms with van der Waals surface area (Å²) in [6, 6.07) is 17.6. The molecule has 2 aromatic carbocycles. The van der Waals surface area contributed by atoms with E-state index in [1.807, 2.05) is 0 Å². The Balaban J connectivity index is 2.10. The molecule has 0 aliphatic heterocycles. The fourth-order valence-electron chi connectivity index (χ4n) is 2.96. The molecule has 0 aromatic heterocycles. The molecule has 0 aliphatic carbocycles. The summed E-state index contributed by atoms with van der Waals surface area (Å²) in [6.45, 7) is 0. The summed E-state index contributed by atoms with van der Waals surface area (Å²) < 4.78 is 4.92. The molecule has 2 aromatic rings. The molecule has 0 amide bonds. The lowest BCUT2D eigenvalue weighted by atomic mass is 9.95. The summed E-state index contributed by atoms with van der Waals surface area (Å²) in [7, 11) is 0. The summed E-state index contributed by atoms with van der Waals surface area (Å²) in [4.78, 5) is 47.2. The van der Waals surface area contributed by atoms with Gasteiger partial charge in [-0.1, -0.05) is 60.7 Å². The Morgan fingerprint density at radius 1 is 0.655 bits per heavy atom. The zero-order valence-corrected chi connectivity index (χ0v) is 15.7. The quantitative estimate of drug-likeness (QED) is 0.467. The standard InChI is InChI=1S/C22H22O7/c23-19(24)13-17(11-15-7-3-1-4-8-15)21(27)29-22(28)18(14-20(25)26)12-16-9-5-2-6-10-16/h1-10,17-18H,11-14H2,(H,23,24)(H,25,26). The van der Waals surface area contributed by atoms with E-state index in [1.54, 1.807) is 60.7 Å². The van der Waals surface area contributed by atoms with Gasteiger partial charge in [0.1, 0.15) is 0 Å². The highest BCUT2D eigenvalue weighted by Gasteiger charge is 2.30. The highest BCUT2D eigenvalue weighted by atomic mass is 16.6. The van der Waals surface area contributed by atoms with Gasteiger partial charge in [0.15, 0.2) is 0 Å². The van der Waals surface area contributed by atoms with E-state index in [0.29, 0.717) is 0 Å². The van der Waals surface area contributed by atoms with Crippen molar-refractivity contribution in [3.05, 3.63) is 71.8 Å². The average molecular weight is 398 g/mol. The summed E-state index contributed by atoms with van der Waals surface area (Å²) in [5, 5.41) is 18.2. The Morgan fingerprint density at radius 2 is 1.00 bits per heavy atom. The first kappa shape index (κ1) is 21.8. The zero-order chi connectivity index (χ0) is 21.2. The second-order valence-electron chi connectivity index (χ2n) is 6.71. The molecular formula is C22H22O7. The van der Waals surface area contributed by atoms with Gasteiger partial charge in [-0.25, -0.2) is 0 Å². The highest BCUT2D eigenvalue weighted by molar-refractivity contribution is 5.91. The van der Waals surface area contributed by atoms with Crippen LogP contribution in [0.3, 0.4) is 0 Å². The van der Waals surface area contributed by atoms with Crippen LogP contribution >= 0.6 is 0 Å². The smallest absolute Gasteiger partial charge is 0.317 e. The van der Waals surface area contributed by atoms with Crippen LogP contribution in [0.2, 0.25) is 0 Å². The van der Waals surface area contributed by atoms with Crippen LogP contribution in [0, 0.1) is 11.8 Å². The van der Waals surface area contributed by atoms with Crippen molar-refractivity contribution >= 4 is 23.9 Å². The molecule has 29 heavy (non-hydrogen) atoms. The summed E-state index contributed by atoms with van der Waals surface area (Å²) in [5.74, 6) is -6.43. The third-order valence-corrected chi connectivity index (χ3v) is 4.36. The van der Waals surface area contributed by atoms with E-state index >= 15 is 0 Å². The highest BCUT2D eigenvalue weighted by Crippen LogP contribution is 2.19. The zero-order valence-electron chi connectivity index (χ0n) is 15.7. The summed E-state index contributed by atoms with van der Waals surface area (Å²) in [6.07, 6.45) is -0.796. The summed E-state index contributed by atoms with van der Waals surface area (Å²) >= 11 is 0. The van der Waals surface area contributed by atoms with Gasteiger partial charge in [-0.15, -0.1) is 0 Å². The Hall–Kier alpha value is -3.48. The minimum absolute atomic E-state index is 0.0987. The molecule has 0 saturated heterocycles. The van der Waals surface area contributed by atoms with E-state index in [9.17, 15) is 19.2 Å². The Morgan fingerprint density at radius 3 is 1.31 bits per heavy atom. The number of carboxylic acids is 2. The molecule has 2 N–H and O–H groups in total. The van der Waals surface area contributed by atoms with Crippen LogP contribution in [0.15, 0.2) is 60.7 Å². The van der Waals surface area contributed by atoms with Gasteiger partial charge in [0.05, 0.1) is 24.7 Å². The molecule has 0 radical (unpaired) electrons. The van der Waals surface area contributed by atoms with Gasteiger partial charge >= 0.3 is 23.9 Å². The molecule has 152 valence electrons. The van der Waals surface area contributed by atoms with E-state index in [2.05, 4.69) is 0 Å². The van der Waals surface area contributed by atoms with Gasteiger partial charge in [0.2, 0.25) is 0 Å². The largest absolute Gasteiger partial charge is 0.481 e. The minimum atomic E-state index is -1.19. The van der Waals surface area contributed by atoms with Crippen molar-refractivity contribution in [1.29, 1.82) is 0 Å². The van der Waals surface area contributed by atoms with Gasteiger partial charge in [-0.2, -0.15) is 0 Å². The Bertz CT molecular complexity index is 774. The van der Waals surface area contributed by atoms with Crippen LogP contribution < -0.4 is 0 Å². The van der Waals surface area contributed by atoms with E-state index < -0.39 is 48.6 Å². The minimum Gasteiger partial charge on any atom is -0.481 e. The van der Waals surface area contributed by atoms with Crippen molar-refractivity contribution in [2.75, 3.05) is 0 Å². The average Bonchev–Trinajstić information content (AvgIpc) is 2.68. The molecule has 0 saturated carbocycles. The lowest BCUT2D eigenvalue weighted by Gasteiger charge is -2.17. The van der Waals surface area contributed by atoms with Gasteiger partial charge in [-0.05, 0) is 24.0 Å². The molecule has 7 heteroatoms. The third-order valence-electron chi connectivity index (χ3n) is 4.36. The van der Waals surface area contributed by atoms with Crippen LogP contribution in [0.25, 0.3) is 0 Å². The molecule has 2 rings (SSSR count). The van der Waals surface area contributed by atoms with Crippen LogP contribution in [-0.4, -0.2) is 34.1 Å². The molecule has 0 spiro atoms. The number of hydrogen-bond acceptors (Lipinski definition) is 5. The lowest BCUT2D eigenvalue weighted by molar-refractivity contribution is -0.168. The van der Waals surface area contributed by atoms with E-state index in [0.717, 1.165) is 11.1 Å². The van der Waals surface area contributed by atoms with Crippen LogP contribution in [0.4, 0.5) is 0 Å². The number of aliphatic carboxylic acids is 2. The number of carbonyl (C=O) groups excluding carboxylic acids is 2. The number of esters is 2. The Labute approximate surface area is 167 Å². The summed E-state index contributed by atoms with van der Waals surface area (Å²) in [5.41, 5.74) is 1.46. The number of carboxylic acid groups (broad SMARTS) is 2. The van der Waals surface area contributed by atoms with Crippen molar-refractivity contribution in [1.82, 2.24) is 0 Å². The molecule has 0 aliphatic rings. The van der Waals surface area contributed by atoms with Gasteiger partial charge < -0.3 is 14.9 Å². The van der Waals surface area contributed by atoms with E-state index in [-0.39, 0.29) is 12.8 Å². The SMILES string of the molecule is O=C(O)CC(Cc1ccccc1)C(=O)OC(=O)C(CC(=O)O)Cc1ccccc1. The normalized spacial score (nSPS) is 12.6. The molecule has 2 atom stereocenters. The number of rotatable bonds is 10. The number of benzene rings is 2. The fraction of sp³-hybridized carbons (Fsp3) is 0.273. The van der Waals surface area contributed by atoms with Crippen LogP contribution in [-0.2, 0) is 36.8 Å². The van der Waals surface area contributed by atoms with Gasteiger partial charge in [0.25, 0.3) is 0 Å². The fourth-order valence-corrected chi connectivity index (χ4v) is 2.96. The van der Waals surface area contributed by atoms with Crippen molar-refractivity contribution < 1.29 is 34.1 Å². The molecule has 0 fully saturated rings. The first-order valence-corrected chi connectivity index (χ1v) is 9.12. The molecule has 0 bridgehead atoms. The Kier molecular flexibility index (Phi) is 8.09. The predicted octanol–water partition coefficient (Wildman–Crippen LogP) is 2.72. The van der Waals surface area contributed by atoms with Crippen molar-refractivity contribution in [2.45, 2.75) is 25.7 Å². The molecular weight excluding hydrogens is 376 g/mol. The topological polar surface area (TPSA) is 118 Å². The first-order chi connectivity index (χ1) is 13.8. The van der Waals surface area contributed by atoms with Crippen LogP contribution in [0.1, 0.15) is 24.0 Å².